The number of rotatable bonds is 4. The van der Waals surface area contributed by atoms with Crippen LogP contribution in [0, 0.1) is 0 Å². The highest BCUT2D eigenvalue weighted by atomic mass is 32.2. The second-order valence-corrected chi connectivity index (χ2v) is 8.69. The maximum atomic E-state index is 12.2. The van der Waals surface area contributed by atoms with Crippen LogP contribution in [0.1, 0.15) is 36.4 Å². The third-order valence-corrected chi connectivity index (χ3v) is 5.89. The molecule has 2 rings (SSSR count). The molecule has 1 unspecified atom stereocenters. The lowest BCUT2D eigenvalue weighted by Gasteiger charge is -2.22. The minimum atomic E-state index is -3.05. The number of anilines is 2. The minimum absolute atomic E-state index is 0.00541. The van der Waals surface area contributed by atoms with E-state index in [2.05, 4.69) is 15.6 Å². The van der Waals surface area contributed by atoms with Gasteiger partial charge < -0.3 is 16.4 Å². The van der Waals surface area contributed by atoms with Gasteiger partial charge in [0.1, 0.15) is 10.7 Å². The number of amides is 1. The summed E-state index contributed by atoms with van der Waals surface area (Å²) >= 11 is 1.18. The van der Waals surface area contributed by atoms with Gasteiger partial charge in [-0.2, -0.15) is 0 Å². The average Bonchev–Trinajstić information content (AvgIpc) is 2.67. The zero-order valence-corrected chi connectivity index (χ0v) is 13.7. The molecule has 1 fully saturated rings. The molecule has 0 radical (unpaired) electrons. The van der Waals surface area contributed by atoms with E-state index in [1.807, 2.05) is 13.8 Å². The summed E-state index contributed by atoms with van der Waals surface area (Å²) in [5.41, 5.74) is 5.76. The van der Waals surface area contributed by atoms with Crippen molar-refractivity contribution in [1.29, 1.82) is 0 Å². The van der Waals surface area contributed by atoms with Gasteiger partial charge in [0.15, 0.2) is 15.0 Å². The summed E-state index contributed by atoms with van der Waals surface area (Å²) in [7, 11) is -3.05. The lowest BCUT2D eigenvalue weighted by molar-refractivity contribution is 0.0943. The quantitative estimate of drug-likeness (QED) is 0.753. The molecule has 0 saturated carbocycles. The van der Waals surface area contributed by atoms with Crippen molar-refractivity contribution in [2.45, 2.75) is 38.8 Å². The second-order valence-electron chi connectivity index (χ2n) is 5.46. The number of hydrogen-bond acceptors (Lipinski definition) is 7. The molecule has 0 aliphatic carbocycles. The van der Waals surface area contributed by atoms with Gasteiger partial charge in [-0.1, -0.05) is 11.3 Å². The lowest BCUT2D eigenvalue weighted by Crippen LogP contribution is -2.43. The van der Waals surface area contributed by atoms with Crippen LogP contribution < -0.4 is 16.4 Å². The fraction of sp³-hybridized carbons (Fsp3) is 0.667. The third-order valence-electron chi connectivity index (χ3n) is 3.07. The van der Waals surface area contributed by atoms with Crippen molar-refractivity contribution in [2.75, 3.05) is 22.6 Å². The number of thiazole rings is 1. The first kappa shape index (κ1) is 16.0. The first-order valence-corrected chi connectivity index (χ1v) is 9.45. The third kappa shape index (κ3) is 4.31. The molecule has 0 aromatic carbocycles. The number of aromatic nitrogens is 1. The van der Waals surface area contributed by atoms with Crippen molar-refractivity contribution in [1.82, 2.24) is 10.3 Å². The molecule has 0 spiro atoms. The van der Waals surface area contributed by atoms with Gasteiger partial charge in [-0.15, -0.1) is 0 Å². The Balaban J connectivity index is 2.05. The van der Waals surface area contributed by atoms with Gasteiger partial charge >= 0.3 is 0 Å². The average molecular weight is 332 g/mol. The van der Waals surface area contributed by atoms with Gasteiger partial charge in [-0.05, 0) is 26.7 Å². The van der Waals surface area contributed by atoms with Crippen molar-refractivity contribution >= 4 is 38.0 Å². The van der Waals surface area contributed by atoms with Crippen LogP contribution in [0.15, 0.2) is 0 Å². The summed E-state index contributed by atoms with van der Waals surface area (Å²) in [6, 6.07) is -0.158. The van der Waals surface area contributed by atoms with Crippen molar-refractivity contribution in [3.05, 3.63) is 4.88 Å². The molecule has 9 heteroatoms. The summed E-state index contributed by atoms with van der Waals surface area (Å²) in [5, 5.41) is 6.42. The molecule has 1 aliphatic heterocycles. The number of carbonyl (C=O) groups excluding carboxylic acids is 1. The van der Waals surface area contributed by atoms with Gasteiger partial charge in [-0.25, -0.2) is 13.4 Å². The van der Waals surface area contributed by atoms with E-state index in [9.17, 15) is 13.2 Å². The van der Waals surface area contributed by atoms with Crippen molar-refractivity contribution in [3.8, 4) is 0 Å². The fourth-order valence-corrected chi connectivity index (χ4v) is 4.76. The van der Waals surface area contributed by atoms with Crippen molar-refractivity contribution in [2.24, 2.45) is 0 Å². The van der Waals surface area contributed by atoms with Crippen LogP contribution >= 0.6 is 11.3 Å². The van der Waals surface area contributed by atoms with Crippen LogP contribution in [0.4, 0.5) is 10.9 Å². The van der Waals surface area contributed by atoms with Gasteiger partial charge in [-0.3, -0.25) is 4.79 Å². The number of nitrogen functional groups attached to an aromatic ring is 1. The molecule has 1 aromatic heterocycles. The van der Waals surface area contributed by atoms with Crippen LogP contribution in [0.25, 0.3) is 0 Å². The summed E-state index contributed by atoms with van der Waals surface area (Å²) in [5.74, 6) is 0.00206. The Morgan fingerprint density at radius 1 is 1.48 bits per heavy atom. The van der Waals surface area contributed by atoms with Gasteiger partial charge in [0.25, 0.3) is 5.91 Å². The number of nitrogens with one attached hydrogen (secondary N) is 2. The molecular weight excluding hydrogens is 312 g/mol. The SMILES string of the molecule is CC(C)Nc1nc(N)c(C(=O)NC2CCCS(=O)(=O)C2)s1. The normalized spacial score (nSPS) is 21.2. The van der Waals surface area contributed by atoms with Crippen LogP contribution in [0.2, 0.25) is 0 Å². The predicted octanol–water partition coefficient (Wildman–Crippen LogP) is 0.853. The van der Waals surface area contributed by atoms with Crippen LogP contribution in [-0.4, -0.2) is 42.9 Å². The maximum absolute atomic E-state index is 12.2. The Kier molecular flexibility index (Phi) is 4.72. The first-order valence-electron chi connectivity index (χ1n) is 6.81. The molecule has 1 amide bonds. The number of sulfone groups is 1. The predicted molar refractivity (Wildman–Crippen MR) is 84.4 cm³/mol. The van der Waals surface area contributed by atoms with Crippen LogP contribution in [0.3, 0.4) is 0 Å². The Hall–Kier alpha value is -1.35. The Labute approximate surface area is 128 Å². The smallest absolute Gasteiger partial charge is 0.265 e. The zero-order valence-electron chi connectivity index (χ0n) is 12.0. The summed E-state index contributed by atoms with van der Waals surface area (Å²) in [6.45, 7) is 3.93. The Morgan fingerprint density at radius 2 is 2.19 bits per heavy atom. The zero-order chi connectivity index (χ0) is 15.6. The molecular formula is C12H20N4O3S2. The minimum Gasteiger partial charge on any atom is -0.382 e. The van der Waals surface area contributed by atoms with Crippen molar-refractivity contribution < 1.29 is 13.2 Å². The molecule has 1 aromatic rings. The van der Waals surface area contributed by atoms with Gasteiger partial charge in [0, 0.05) is 12.1 Å². The van der Waals surface area contributed by atoms with Crippen LogP contribution in [0.5, 0.6) is 0 Å². The Morgan fingerprint density at radius 3 is 2.81 bits per heavy atom. The molecule has 1 aliphatic rings. The molecule has 21 heavy (non-hydrogen) atoms. The number of carbonyl (C=O) groups is 1. The molecule has 118 valence electrons. The standard InChI is InChI=1S/C12H20N4O3S2/c1-7(2)14-12-16-10(13)9(20-12)11(17)15-8-4-3-5-21(18,19)6-8/h7-8H,3-6,13H2,1-2H3,(H,14,16)(H,15,17). The Bertz CT molecular complexity index is 624. The summed E-state index contributed by atoms with van der Waals surface area (Å²) < 4.78 is 23.2. The van der Waals surface area contributed by atoms with E-state index in [0.29, 0.717) is 22.9 Å². The van der Waals surface area contributed by atoms with E-state index in [0.717, 1.165) is 0 Å². The maximum Gasteiger partial charge on any atom is 0.265 e. The van der Waals surface area contributed by atoms with Crippen molar-refractivity contribution in [3.63, 3.8) is 0 Å². The highest BCUT2D eigenvalue weighted by Gasteiger charge is 2.27. The molecule has 7 nitrogen and oxygen atoms in total. The lowest BCUT2D eigenvalue weighted by atomic mass is 10.2. The van der Waals surface area contributed by atoms with Crippen LogP contribution in [-0.2, 0) is 9.84 Å². The topological polar surface area (TPSA) is 114 Å². The van der Waals surface area contributed by atoms with E-state index < -0.39 is 9.84 Å². The molecule has 2 heterocycles. The fourth-order valence-electron chi connectivity index (χ4n) is 2.19. The molecule has 1 saturated heterocycles. The highest BCUT2D eigenvalue weighted by molar-refractivity contribution is 7.91. The summed E-state index contributed by atoms with van der Waals surface area (Å²) in [4.78, 5) is 16.6. The number of nitrogens with zero attached hydrogens (tertiary/aromatic N) is 1. The number of nitrogens with two attached hydrogens (primary N) is 1. The monoisotopic (exact) mass is 332 g/mol. The second kappa shape index (κ2) is 6.18. The summed E-state index contributed by atoms with van der Waals surface area (Å²) in [6.07, 6.45) is 1.24. The first-order chi connectivity index (χ1) is 9.77. The van der Waals surface area contributed by atoms with Gasteiger partial charge in [0.2, 0.25) is 0 Å². The molecule has 4 N–H and O–H groups in total. The number of hydrogen-bond donors (Lipinski definition) is 3. The van der Waals surface area contributed by atoms with E-state index in [1.165, 1.54) is 11.3 Å². The van der Waals surface area contributed by atoms with E-state index >= 15 is 0 Å². The van der Waals surface area contributed by atoms with E-state index in [1.54, 1.807) is 0 Å². The van der Waals surface area contributed by atoms with E-state index in [-0.39, 0.29) is 35.3 Å². The molecule has 0 bridgehead atoms. The van der Waals surface area contributed by atoms with Gasteiger partial charge in [0.05, 0.1) is 11.5 Å². The van der Waals surface area contributed by atoms with E-state index in [4.69, 9.17) is 5.73 Å². The largest absolute Gasteiger partial charge is 0.382 e. The molecule has 1 atom stereocenters. The highest BCUT2D eigenvalue weighted by Crippen LogP contribution is 2.25.